The minimum atomic E-state index is -0.588. The summed E-state index contributed by atoms with van der Waals surface area (Å²) in [6.07, 6.45) is 1.59. The van der Waals surface area contributed by atoms with Crippen molar-refractivity contribution >= 4 is 34.1 Å². The lowest BCUT2D eigenvalue weighted by molar-refractivity contribution is 0.0946. The number of hydrogen-bond acceptors (Lipinski definition) is 4. The molecule has 1 atom stereocenters. The van der Waals surface area contributed by atoms with E-state index in [9.17, 15) is 14.0 Å². The van der Waals surface area contributed by atoms with Gasteiger partial charge in [0.25, 0.3) is 11.5 Å². The summed E-state index contributed by atoms with van der Waals surface area (Å²) in [5, 5.41) is 2.97. The highest BCUT2D eigenvalue weighted by atomic mass is 35.5. The van der Waals surface area contributed by atoms with Crippen LogP contribution in [0.1, 0.15) is 33.9 Å². The summed E-state index contributed by atoms with van der Waals surface area (Å²) < 4.78 is 15.3. The number of benzene rings is 1. The number of halogens is 2. The molecule has 1 aromatic carbocycles. The van der Waals surface area contributed by atoms with Crippen LogP contribution in [0.15, 0.2) is 59.5 Å². The van der Waals surface area contributed by atoms with Gasteiger partial charge >= 0.3 is 0 Å². The monoisotopic (exact) mass is 410 g/mol. The third kappa shape index (κ3) is 3.82. The second kappa shape index (κ2) is 7.60. The summed E-state index contributed by atoms with van der Waals surface area (Å²) in [7, 11) is 0. The van der Waals surface area contributed by atoms with Crippen LogP contribution in [0.5, 0.6) is 0 Å². The highest BCUT2D eigenvalue weighted by Gasteiger charge is 2.13. The molecule has 6 nitrogen and oxygen atoms in total. The molecule has 0 aliphatic rings. The van der Waals surface area contributed by atoms with Gasteiger partial charge in [0, 0.05) is 29.8 Å². The fourth-order valence-electron chi connectivity index (χ4n) is 3.05. The van der Waals surface area contributed by atoms with Crippen molar-refractivity contribution < 1.29 is 9.18 Å². The molecule has 3 heterocycles. The van der Waals surface area contributed by atoms with E-state index in [1.807, 2.05) is 6.07 Å². The molecule has 0 fully saturated rings. The number of hydrogen-bond donors (Lipinski definition) is 1. The van der Waals surface area contributed by atoms with Crippen molar-refractivity contribution in [3.8, 4) is 0 Å². The van der Waals surface area contributed by atoms with Gasteiger partial charge < -0.3 is 5.32 Å². The van der Waals surface area contributed by atoms with Gasteiger partial charge in [-0.3, -0.25) is 14.0 Å². The van der Waals surface area contributed by atoms with Gasteiger partial charge in [-0.25, -0.2) is 9.97 Å². The smallest absolute Gasteiger partial charge is 0.270 e. The number of amides is 1. The van der Waals surface area contributed by atoms with Gasteiger partial charge in [0.15, 0.2) is 0 Å². The van der Waals surface area contributed by atoms with Gasteiger partial charge in [-0.15, -0.1) is 11.6 Å². The number of carbonyl (C=O) groups is 1. The van der Waals surface area contributed by atoms with Crippen LogP contribution in [-0.2, 0) is 6.54 Å². The number of alkyl halides is 1. The van der Waals surface area contributed by atoms with Gasteiger partial charge in [0.2, 0.25) is 5.95 Å². The summed E-state index contributed by atoms with van der Waals surface area (Å²) in [6, 6.07) is 13.2. The second-order valence-electron chi connectivity index (χ2n) is 6.60. The number of pyridine rings is 2. The predicted octanol–water partition coefficient (Wildman–Crippen LogP) is 3.61. The predicted molar refractivity (Wildman–Crippen MR) is 109 cm³/mol. The quantitative estimate of drug-likeness (QED) is 0.412. The highest BCUT2D eigenvalue weighted by molar-refractivity contribution is 6.20. The van der Waals surface area contributed by atoms with Crippen LogP contribution in [0.25, 0.3) is 16.6 Å². The molecule has 0 bridgehead atoms. The molecule has 0 saturated heterocycles. The lowest BCUT2D eigenvalue weighted by Crippen LogP contribution is -2.26. The second-order valence-corrected chi connectivity index (χ2v) is 7.26. The van der Waals surface area contributed by atoms with Crippen molar-refractivity contribution in [2.75, 3.05) is 0 Å². The number of rotatable bonds is 4. The Morgan fingerprint density at radius 1 is 1.21 bits per heavy atom. The molecule has 4 aromatic rings. The zero-order chi connectivity index (χ0) is 20.5. The van der Waals surface area contributed by atoms with Crippen molar-refractivity contribution in [3.05, 3.63) is 87.9 Å². The van der Waals surface area contributed by atoms with E-state index in [1.165, 1.54) is 10.5 Å². The fourth-order valence-corrected chi connectivity index (χ4v) is 3.20. The zero-order valence-corrected chi connectivity index (χ0v) is 16.2. The maximum atomic E-state index is 14.0. The largest absolute Gasteiger partial charge is 0.347 e. The van der Waals surface area contributed by atoms with E-state index in [0.717, 1.165) is 10.9 Å². The summed E-state index contributed by atoms with van der Waals surface area (Å²) in [5.41, 5.74) is 1.73. The van der Waals surface area contributed by atoms with Gasteiger partial charge in [-0.2, -0.15) is 4.39 Å². The molecular weight excluding hydrogens is 395 g/mol. The van der Waals surface area contributed by atoms with E-state index < -0.39 is 17.2 Å². The Bertz CT molecular complexity index is 1300. The van der Waals surface area contributed by atoms with E-state index in [0.29, 0.717) is 16.7 Å². The first-order valence-electron chi connectivity index (χ1n) is 8.92. The Labute approximate surface area is 170 Å². The van der Waals surface area contributed by atoms with Crippen molar-refractivity contribution in [3.63, 3.8) is 0 Å². The highest BCUT2D eigenvalue weighted by Crippen LogP contribution is 2.25. The lowest BCUT2D eigenvalue weighted by atomic mass is 10.1. The molecule has 146 valence electrons. The first-order valence-corrected chi connectivity index (χ1v) is 9.36. The van der Waals surface area contributed by atoms with Gasteiger partial charge in [-0.1, -0.05) is 12.1 Å². The van der Waals surface area contributed by atoms with Crippen LogP contribution in [0.4, 0.5) is 4.39 Å². The third-order valence-electron chi connectivity index (χ3n) is 4.55. The standard InChI is InChI=1S/C21H16ClFN4O2/c1-12(22)15-9-14-8-13(5-6-16(14)26-20(15)23)11-24-21(29)17-10-19(28)27-7-3-2-4-18(27)25-17/h2-10,12H,11H2,1H3,(H,24,29). The molecule has 8 heteroatoms. The maximum absolute atomic E-state index is 14.0. The van der Waals surface area contributed by atoms with Crippen LogP contribution in [0.2, 0.25) is 0 Å². The Kier molecular flexibility index (Phi) is 4.98. The van der Waals surface area contributed by atoms with Gasteiger partial charge in [-0.05, 0) is 42.8 Å². The van der Waals surface area contributed by atoms with E-state index >= 15 is 0 Å². The summed E-state index contributed by atoms with van der Waals surface area (Å²) in [5.74, 6) is -1.05. The minimum Gasteiger partial charge on any atom is -0.347 e. The molecule has 0 aliphatic carbocycles. The molecule has 0 saturated carbocycles. The van der Waals surface area contributed by atoms with Crippen molar-refractivity contribution in [1.82, 2.24) is 19.7 Å². The van der Waals surface area contributed by atoms with E-state index in [4.69, 9.17) is 11.6 Å². The average Bonchev–Trinajstić information content (AvgIpc) is 2.71. The Hall–Kier alpha value is -3.32. The molecule has 29 heavy (non-hydrogen) atoms. The molecule has 0 radical (unpaired) electrons. The van der Waals surface area contributed by atoms with Crippen LogP contribution in [-0.4, -0.2) is 20.3 Å². The molecule has 0 spiro atoms. The van der Waals surface area contributed by atoms with Gasteiger partial charge in [0.1, 0.15) is 11.3 Å². The molecule has 3 aromatic heterocycles. The van der Waals surface area contributed by atoms with E-state index in [2.05, 4.69) is 15.3 Å². The molecule has 4 rings (SSSR count). The first kappa shape index (κ1) is 19.0. The molecule has 1 amide bonds. The number of nitrogens with zero attached hydrogens (tertiary/aromatic N) is 3. The molecule has 1 N–H and O–H groups in total. The normalized spacial score (nSPS) is 12.2. The third-order valence-corrected chi connectivity index (χ3v) is 4.78. The van der Waals surface area contributed by atoms with Crippen molar-refractivity contribution in [1.29, 1.82) is 0 Å². The first-order chi connectivity index (χ1) is 13.9. The van der Waals surface area contributed by atoms with Crippen LogP contribution >= 0.6 is 11.6 Å². The minimum absolute atomic E-state index is 0.0453. The summed E-state index contributed by atoms with van der Waals surface area (Å²) in [4.78, 5) is 32.8. The van der Waals surface area contributed by atoms with E-state index in [1.54, 1.807) is 49.5 Å². The summed E-state index contributed by atoms with van der Waals surface area (Å²) in [6.45, 7) is 1.89. The lowest BCUT2D eigenvalue weighted by Gasteiger charge is -2.09. The fraction of sp³-hybridized carbons (Fsp3) is 0.143. The van der Waals surface area contributed by atoms with Crippen LogP contribution < -0.4 is 10.9 Å². The van der Waals surface area contributed by atoms with Crippen LogP contribution in [0, 0.1) is 5.95 Å². The summed E-state index contributed by atoms with van der Waals surface area (Å²) >= 11 is 6.00. The topological polar surface area (TPSA) is 76.4 Å². The molecule has 1 unspecified atom stereocenters. The van der Waals surface area contributed by atoms with Crippen molar-refractivity contribution in [2.45, 2.75) is 18.8 Å². The Morgan fingerprint density at radius 2 is 2.03 bits per heavy atom. The van der Waals surface area contributed by atoms with Gasteiger partial charge in [0.05, 0.1) is 10.9 Å². The zero-order valence-electron chi connectivity index (χ0n) is 15.4. The SMILES string of the molecule is CC(Cl)c1cc2cc(CNC(=O)c3cc(=O)n4ccccc4n3)ccc2nc1F. The Morgan fingerprint density at radius 3 is 2.83 bits per heavy atom. The number of aromatic nitrogens is 3. The van der Waals surface area contributed by atoms with E-state index in [-0.39, 0.29) is 17.8 Å². The van der Waals surface area contributed by atoms with Crippen LogP contribution in [0.3, 0.4) is 0 Å². The number of fused-ring (bicyclic) bond motifs is 2. The Balaban J connectivity index is 1.57. The molecular formula is C21H16ClFN4O2. The number of carbonyl (C=O) groups excluding carboxylic acids is 1. The molecule has 0 aliphatic heterocycles. The maximum Gasteiger partial charge on any atom is 0.270 e. The van der Waals surface area contributed by atoms with Crippen molar-refractivity contribution in [2.24, 2.45) is 0 Å². The number of nitrogens with one attached hydrogen (secondary N) is 1. The average molecular weight is 411 g/mol.